The van der Waals surface area contributed by atoms with Gasteiger partial charge in [0.05, 0.1) is 10.6 Å². The average Bonchev–Trinajstić information content (AvgIpc) is 3.22. The molecule has 0 aliphatic heterocycles. The topological polar surface area (TPSA) is 54.9 Å². The van der Waals surface area contributed by atoms with E-state index in [1.807, 2.05) is 13.8 Å². The zero-order valence-corrected chi connectivity index (χ0v) is 15.6. The molecule has 1 atom stereocenters. The summed E-state index contributed by atoms with van der Waals surface area (Å²) < 4.78 is 0. The minimum atomic E-state index is -0.0975. The van der Waals surface area contributed by atoms with Gasteiger partial charge in [0, 0.05) is 16.8 Å². The zero-order valence-electron chi connectivity index (χ0n) is 14.8. The second-order valence-electron chi connectivity index (χ2n) is 7.72. The smallest absolute Gasteiger partial charge is 0.261 e. The summed E-state index contributed by atoms with van der Waals surface area (Å²) in [6, 6.07) is 0.254. The van der Waals surface area contributed by atoms with E-state index in [1.165, 1.54) is 24.2 Å². The highest BCUT2D eigenvalue weighted by atomic mass is 32.1. The van der Waals surface area contributed by atoms with Gasteiger partial charge in [0.15, 0.2) is 0 Å². The lowest BCUT2D eigenvalue weighted by atomic mass is 9.95. The molecular weight excluding hydrogens is 306 g/mol. The van der Waals surface area contributed by atoms with Crippen LogP contribution in [-0.2, 0) is 5.41 Å². The first-order valence-electron chi connectivity index (χ1n) is 8.27. The van der Waals surface area contributed by atoms with E-state index in [0.29, 0.717) is 5.92 Å². The maximum atomic E-state index is 12.6. The number of amides is 1. The predicted molar refractivity (Wildman–Crippen MR) is 95.2 cm³/mol. The molecule has 0 bridgehead atoms. The molecule has 1 saturated carbocycles. The number of carbonyl (C=O) groups is 1. The van der Waals surface area contributed by atoms with Gasteiger partial charge in [-0.25, -0.2) is 9.97 Å². The number of hydrogen-bond acceptors (Lipinski definition) is 4. The molecule has 5 heteroatoms. The lowest BCUT2D eigenvalue weighted by Gasteiger charge is -2.16. The molecule has 1 amide bonds. The highest BCUT2D eigenvalue weighted by molar-refractivity contribution is 7.20. The van der Waals surface area contributed by atoms with E-state index in [0.717, 1.165) is 32.2 Å². The average molecular weight is 331 g/mol. The molecule has 2 aromatic heterocycles. The Labute approximate surface area is 141 Å². The number of aryl methyl sites for hydroxylation is 2. The van der Waals surface area contributed by atoms with Gasteiger partial charge in [-0.05, 0) is 45.1 Å². The van der Waals surface area contributed by atoms with Crippen LogP contribution in [0.5, 0.6) is 0 Å². The second-order valence-corrected chi connectivity index (χ2v) is 8.72. The molecule has 2 aromatic rings. The van der Waals surface area contributed by atoms with Gasteiger partial charge in [-0.2, -0.15) is 0 Å². The van der Waals surface area contributed by atoms with Crippen molar-refractivity contribution >= 4 is 27.5 Å². The van der Waals surface area contributed by atoms with Crippen LogP contribution in [0, 0.1) is 19.8 Å². The van der Waals surface area contributed by atoms with Crippen LogP contribution in [0.2, 0.25) is 0 Å². The van der Waals surface area contributed by atoms with Crippen molar-refractivity contribution in [3.8, 4) is 0 Å². The molecule has 2 heterocycles. The first kappa shape index (κ1) is 16.4. The number of nitrogens with zero attached hydrogens (tertiary/aromatic N) is 2. The van der Waals surface area contributed by atoms with E-state index in [9.17, 15) is 4.79 Å². The van der Waals surface area contributed by atoms with Gasteiger partial charge in [0.1, 0.15) is 10.7 Å². The van der Waals surface area contributed by atoms with E-state index >= 15 is 0 Å². The molecule has 0 saturated heterocycles. The molecule has 0 spiro atoms. The Balaban J connectivity index is 2.00. The molecule has 1 aliphatic rings. The molecule has 0 unspecified atom stereocenters. The molecule has 0 aromatic carbocycles. The van der Waals surface area contributed by atoms with Gasteiger partial charge < -0.3 is 5.32 Å². The van der Waals surface area contributed by atoms with Crippen molar-refractivity contribution in [2.45, 2.75) is 65.8 Å². The maximum absolute atomic E-state index is 12.6. The first-order chi connectivity index (χ1) is 10.7. The molecule has 1 aliphatic carbocycles. The van der Waals surface area contributed by atoms with E-state index < -0.39 is 0 Å². The standard InChI is InChI=1S/C18H25N3OS/c1-9-13-11(3)20-17(18(4,5)6)21-16(13)23-14(9)15(22)19-10(2)12-7-8-12/h10,12H,7-8H2,1-6H3,(H,19,22)/t10-/m0/s1. The lowest BCUT2D eigenvalue weighted by Crippen LogP contribution is -2.33. The third kappa shape index (κ3) is 3.11. The number of nitrogens with one attached hydrogen (secondary N) is 1. The van der Waals surface area contributed by atoms with Crippen molar-refractivity contribution in [1.29, 1.82) is 0 Å². The Kier molecular flexibility index (Phi) is 3.95. The summed E-state index contributed by atoms with van der Waals surface area (Å²) in [4.78, 5) is 23.7. The number of thiophene rings is 1. The molecule has 0 radical (unpaired) electrons. The number of aromatic nitrogens is 2. The fourth-order valence-corrected chi connectivity index (χ4v) is 4.01. The maximum Gasteiger partial charge on any atom is 0.261 e. The fourth-order valence-electron chi connectivity index (χ4n) is 2.88. The summed E-state index contributed by atoms with van der Waals surface area (Å²) in [6.45, 7) is 12.4. The summed E-state index contributed by atoms with van der Waals surface area (Å²) in [5.74, 6) is 1.52. The Morgan fingerprint density at radius 2 is 1.91 bits per heavy atom. The van der Waals surface area contributed by atoms with Crippen LogP contribution in [-0.4, -0.2) is 21.9 Å². The van der Waals surface area contributed by atoms with E-state index in [-0.39, 0.29) is 17.4 Å². The van der Waals surface area contributed by atoms with Crippen LogP contribution in [0.4, 0.5) is 0 Å². The van der Waals surface area contributed by atoms with Gasteiger partial charge in [0.25, 0.3) is 5.91 Å². The van der Waals surface area contributed by atoms with Crippen molar-refractivity contribution in [2.24, 2.45) is 5.92 Å². The SMILES string of the molecule is Cc1nc(C(C)(C)C)nc2sc(C(=O)N[C@@H](C)C3CC3)c(C)c12. The highest BCUT2D eigenvalue weighted by Crippen LogP contribution is 2.35. The Morgan fingerprint density at radius 3 is 2.48 bits per heavy atom. The van der Waals surface area contributed by atoms with Crippen molar-refractivity contribution < 1.29 is 4.79 Å². The van der Waals surface area contributed by atoms with Crippen LogP contribution < -0.4 is 5.32 Å². The molecule has 23 heavy (non-hydrogen) atoms. The van der Waals surface area contributed by atoms with Crippen LogP contribution >= 0.6 is 11.3 Å². The van der Waals surface area contributed by atoms with Crippen molar-refractivity contribution in [2.75, 3.05) is 0 Å². The third-order valence-electron chi connectivity index (χ3n) is 4.54. The van der Waals surface area contributed by atoms with Gasteiger partial charge in [0.2, 0.25) is 0 Å². The van der Waals surface area contributed by atoms with Crippen molar-refractivity contribution in [3.63, 3.8) is 0 Å². The van der Waals surface area contributed by atoms with Gasteiger partial charge >= 0.3 is 0 Å². The fraction of sp³-hybridized carbons (Fsp3) is 0.611. The normalized spacial score (nSPS) is 16.6. The quantitative estimate of drug-likeness (QED) is 0.920. The molecule has 1 fully saturated rings. The van der Waals surface area contributed by atoms with E-state index in [1.54, 1.807) is 0 Å². The monoisotopic (exact) mass is 331 g/mol. The zero-order chi connectivity index (χ0) is 16.9. The van der Waals surface area contributed by atoms with Crippen LogP contribution in [0.3, 0.4) is 0 Å². The van der Waals surface area contributed by atoms with Crippen molar-refractivity contribution in [3.05, 3.63) is 22.0 Å². The molecule has 1 N–H and O–H groups in total. The Bertz CT molecular complexity index is 769. The summed E-state index contributed by atoms with van der Waals surface area (Å²) in [6.07, 6.45) is 2.46. The minimum Gasteiger partial charge on any atom is -0.349 e. The first-order valence-corrected chi connectivity index (χ1v) is 9.09. The molecule has 4 nitrogen and oxygen atoms in total. The summed E-state index contributed by atoms with van der Waals surface area (Å²) in [7, 11) is 0. The summed E-state index contributed by atoms with van der Waals surface area (Å²) in [5.41, 5.74) is 1.87. The van der Waals surface area contributed by atoms with Crippen molar-refractivity contribution in [1.82, 2.24) is 15.3 Å². The van der Waals surface area contributed by atoms with Crippen LogP contribution in [0.1, 0.15) is 67.3 Å². The number of rotatable bonds is 3. The van der Waals surface area contributed by atoms with Gasteiger partial charge in [-0.1, -0.05) is 20.8 Å². The lowest BCUT2D eigenvalue weighted by molar-refractivity contribution is 0.0939. The van der Waals surface area contributed by atoms with E-state index in [4.69, 9.17) is 4.98 Å². The van der Waals surface area contributed by atoms with E-state index in [2.05, 4.69) is 38.0 Å². The largest absolute Gasteiger partial charge is 0.349 e. The van der Waals surface area contributed by atoms with Crippen LogP contribution in [0.25, 0.3) is 10.2 Å². The number of hydrogen-bond donors (Lipinski definition) is 1. The Morgan fingerprint density at radius 1 is 1.26 bits per heavy atom. The number of carbonyl (C=O) groups excluding carboxylic acids is 1. The predicted octanol–water partition coefficient (Wildman–Crippen LogP) is 4.13. The molecular formula is C18H25N3OS. The second kappa shape index (κ2) is 5.55. The number of fused-ring (bicyclic) bond motifs is 1. The summed E-state index contributed by atoms with van der Waals surface area (Å²) >= 11 is 1.49. The van der Waals surface area contributed by atoms with Crippen LogP contribution in [0.15, 0.2) is 0 Å². The van der Waals surface area contributed by atoms with Gasteiger partial charge in [-0.3, -0.25) is 4.79 Å². The summed E-state index contributed by atoms with van der Waals surface area (Å²) in [5, 5.41) is 4.18. The Hall–Kier alpha value is -1.49. The molecule has 3 rings (SSSR count). The molecule has 124 valence electrons. The highest BCUT2D eigenvalue weighted by Gasteiger charge is 2.30. The van der Waals surface area contributed by atoms with Gasteiger partial charge in [-0.15, -0.1) is 11.3 Å². The third-order valence-corrected chi connectivity index (χ3v) is 5.72. The minimum absolute atomic E-state index is 0.0293.